The highest BCUT2D eigenvalue weighted by Crippen LogP contribution is 2.35. The molecule has 2 heterocycles. The summed E-state index contributed by atoms with van der Waals surface area (Å²) in [6.07, 6.45) is 3.82. The monoisotopic (exact) mass is 312 g/mol. The van der Waals surface area contributed by atoms with Crippen LogP contribution < -0.4 is 10.1 Å². The minimum absolute atomic E-state index is 0.145. The number of likely N-dealkylation sites (tertiary alicyclic amines) is 1. The molecule has 0 spiro atoms. The third kappa shape index (κ3) is 3.62. The zero-order chi connectivity index (χ0) is 16.1. The second-order valence-electron chi connectivity index (χ2n) is 6.25. The normalized spacial score (nSPS) is 17.7. The Morgan fingerprint density at radius 3 is 2.61 bits per heavy atom. The maximum atomic E-state index is 5.17. The minimum Gasteiger partial charge on any atom is -0.481 e. The highest BCUT2D eigenvalue weighted by atomic mass is 16.5. The van der Waals surface area contributed by atoms with Crippen molar-refractivity contribution in [3.05, 3.63) is 48.3 Å². The third-order valence-corrected chi connectivity index (χ3v) is 4.79. The van der Waals surface area contributed by atoms with E-state index in [4.69, 9.17) is 4.74 Å². The van der Waals surface area contributed by atoms with Crippen LogP contribution in [-0.2, 0) is 5.41 Å². The van der Waals surface area contributed by atoms with Gasteiger partial charge in [0.25, 0.3) is 0 Å². The van der Waals surface area contributed by atoms with Crippen LogP contribution in [0.1, 0.15) is 18.4 Å². The molecule has 0 amide bonds. The largest absolute Gasteiger partial charge is 0.481 e. The van der Waals surface area contributed by atoms with Gasteiger partial charge in [0.2, 0.25) is 5.88 Å². The van der Waals surface area contributed by atoms with E-state index in [1.165, 1.54) is 11.9 Å². The minimum atomic E-state index is 0.145. The van der Waals surface area contributed by atoms with Crippen molar-refractivity contribution in [1.29, 1.82) is 0 Å². The Morgan fingerprint density at radius 2 is 1.91 bits per heavy atom. The van der Waals surface area contributed by atoms with Gasteiger partial charge in [0.1, 0.15) is 12.1 Å². The SMILES string of the molecule is COc1cc(NCC2(c3ccccc3)CCN(C)CC2)ncn1. The Morgan fingerprint density at radius 1 is 1.17 bits per heavy atom. The number of ether oxygens (including phenoxy) is 1. The first kappa shape index (κ1) is 15.7. The number of anilines is 1. The second-order valence-corrected chi connectivity index (χ2v) is 6.25. The van der Waals surface area contributed by atoms with E-state index in [0.717, 1.165) is 38.3 Å². The van der Waals surface area contributed by atoms with E-state index in [1.807, 2.05) is 6.07 Å². The van der Waals surface area contributed by atoms with Crippen molar-refractivity contribution in [1.82, 2.24) is 14.9 Å². The molecule has 1 fully saturated rings. The lowest BCUT2D eigenvalue weighted by Gasteiger charge is -2.41. The molecule has 5 heteroatoms. The number of benzene rings is 1. The summed E-state index contributed by atoms with van der Waals surface area (Å²) in [5.74, 6) is 1.39. The third-order valence-electron chi connectivity index (χ3n) is 4.79. The number of nitrogens with one attached hydrogen (secondary N) is 1. The molecule has 1 aromatic carbocycles. The fraction of sp³-hybridized carbons (Fsp3) is 0.444. The van der Waals surface area contributed by atoms with Crippen molar-refractivity contribution in [3.63, 3.8) is 0 Å². The molecule has 5 nitrogen and oxygen atoms in total. The zero-order valence-corrected chi connectivity index (χ0v) is 13.8. The van der Waals surface area contributed by atoms with Crippen molar-refractivity contribution in [2.24, 2.45) is 0 Å². The number of rotatable bonds is 5. The molecule has 0 unspecified atom stereocenters. The maximum absolute atomic E-state index is 5.17. The van der Waals surface area contributed by atoms with Crippen molar-refractivity contribution < 1.29 is 4.74 Å². The lowest BCUT2D eigenvalue weighted by atomic mass is 9.72. The number of nitrogens with zero attached hydrogens (tertiary/aromatic N) is 3. The van der Waals surface area contributed by atoms with Crippen LogP contribution in [0.3, 0.4) is 0 Å². The van der Waals surface area contributed by atoms with Gasteiger partial charge < -0.3 is 15.0 Å². The van der Waals surface area contributed by atoms with Crippen LogP contribution in [-0.4, -0.2) is 48.7 Å². The van der Waals surface area contributed by atoms with E-state index in [-0.39, 0.29) is 5.41 Å². The fourth-order valence-electron chi connectivity index (χ4n) is 3.21. The van der Waals surface area contributed by atoms with Gasteiger partial charge in [-0.15, -0.1) is 0 Å². The van der Waals surface area contributed by atoms with E-state index in [9.17, 15) is 0 Å². The van der Waals surface area contributed by atoms with Crippen LogP contribution in [0.15, 0.2) is 42.7 Å². The van der Waals surface area contributed by atoms with Crippen LogP contribution in [0, 0.1) is 0 Å². The van der Waals surface area contributed by atoms with Crippen LogP contribution in [0.4, 0.5) is 5.82 Å². The Bertz CT molecular complexity index is 624. The molecule has 0 radical (unpaired) electrons. The van der Waals surface area contributed by atoms with Crippen LogP contribution in [0.25, 0.3) is 0 Å². The summed E-state index contributed by atoms with van der Waals surface area (Å²) < 4.78 is 5.17. The molecule has 122 valence electrons. The molecule has 0 aliphatic carbocycles. The standard InChI is InChI=1S/C18H24N4O/c1-22-10-8-18(9-11-22,15-6-4-3-5-7-15)13-19-16-12-17(23-2)21-14-20-16/h3-7,12,14H,8-11,13H2,1-2H3,(H,19,20,21). The zero-order valence-electron chi connectivity index (χ0n) is 13.8. The maximum Gasteiger partial charge on any atom is 0.218 e. The summed E-state index contributed by atoms with van der Waals surface area (Å²) in [6.45, 7) is 3.10. The molecule has 1 N–H and O–H groups in total. The number of methoxy groups -OCH3 is 1. The molecule has 0 atom stereocenters. The summed E-state index contributed by atoms with van der Waals surface area (Å²) in [6, 6.07) is 12.7. The smallest absolute Gasteiger partial charge is 0.218 e. The molecule has 1 aliphatic rings. The number of hydrogen-bond donors (Lipinski definition) is 1. The van der Waals surface area contributed by atoms with Gasteiger partial charge in [0, 0.05) is 18.0 Å². The first-order chi connectivity index (χ1) is 11.2. The predicted molar refractivity (Wildman–Crippen MR) is 91.9 cm³/mol. The molecule has 3 rings (SSSR count). The first-order valence-electron chi connectivity index (χ1n) is 8.06. The summed E-state index contributed by atoms with van der Waals surface area (Å²) in [5, 5.41) is 3.49. The number of piperidine rings is 1. The van der Waals surface area contributed by atoms with Crippen LogP contribution in [0.5, 0.6) is 5.88 Å². The van der Waals surface area contributed by atoms with Gasteiger partial charge in [-0.2, -0.15) is 0 Å². The summed E-state index contributed by atoms with van der Waals surface area (Å²) in [4.78, 5) is 10.8. The van der Waals surface area contributed by atoms with Gasteiger partial charge in [-0.25, -0.2) is 9.97 Å². The van der Waals surface area contributed by atoms with E-state index in [2.05, 4.69) is 57.6 Å². The number of hydrogen-bond acceptors (Lipinski definition) is 5. The topological polar surface area (TPSA) is 50.3 Å². The van der Waals surface area contributed by atoms with Crippen molar-refractivity contribution >= 4 is 5.82 Å². The first-order valence-corrected chi connectivity index (χ1v) is 8.06. The van der Waals surface area contributed by atoms with Crippen molar-refractivity contribution in [2.75, 3.05) is 39.1 Å². The van der Waals surface area contributed by atoms with Gasteiger partial charge in [0.15, 0.2) is 0 Å². The van der Waals surface area contributed by atoms with E-state index >= 15 is 0 Å². The fourth-order valence-corrected chi connectivity index (χ4v) is 3.21. The highest BCUT2D eigenvalue weighted by molar-refractivity contribution is 5.39. The molecular weight excluding hydrogens is 288 g/mol. The average Bonchev–Trinajstić information content (AvgIpc) is 2.62. The van der Waals surface area contributed by atoms with Crippen LogP contribution >= 0.6 is 0 Å². The Hall–Kier alpha value is -2.14. The Labute approximate surface area is 137 Å². The molecular formula is C18H24N4O. The van der Waals surface area contributed by atoms with Gasteiger partial charge in [-0.3, -0.25) is 0 Å². The predicted octanol–water partition coefficient (Wildman–Crippen LogP) is 2.56. The summed E-state index contributed by atoms with van der Waals surface area (Å²) >= 11 is 0. The highest BCUT2D eigenvalue weighted by Gasteiger charge is 2.35. The van der Waals surface area contributed by atoms with E-state index in [1.54, 1.807) is 7.11 Å². The quantitative estimate of drug-likeness (QED) is 0.919. The molecule has 0 saturated carbocycles. The molecule has 2 aromatic rings. The molecule has 1 aliphatic heterocycles. The van der Waals surface area contributed by atoms with Gasteiger partial charge in [-0.1, -0.05) is 30.3 Å². The molecule has 1 saturated heterocycles. The second kappa shape index (κ2) is 6.96. The van der Waals surface area contributed by atoms with Gasteiger partial charge >= 0.3 is 0 Å². The van der Waals surface area contributed by atoms with E-state index in [0.29, 0.717) is 5.88 Å². The van der Waals surface area contributed by atoms with Crippen molar-refractivity contribution in [3.8, 4) is 5.88 Å². The van der Waals surface area contributed by atoms with Gasteiger partial charge in [-0.05, 0) is 38.5 Å². The average molecular weight is 312 g/mol. The van der Waals surface area contributed by atoms with Crippen LogP contribution in [0.2, 0.25) is 0 Å². The lowest BCUT2D eigenvalue weighted by Crippen LogP contribution is -2.45. The molecule has 0 bridgehead atoms. The summed E-state index contributed by atoms with van der Waals surface area (Å²) in [7, 11) is 3.81. The van der Waals surface area contributed by atoms with Crippen molar-refractivity contribution in [2.45, 2.75) is 18.3 Å². The molecule has 23 heavy (non-hydrogen) atoms. The summed E-state index contributed by atoms with van der Waals surface area (Å²) in [5.41, 5.74) is 1.55. The van der Waals surface area contributed by atoms with Gasteiger partial charge in [0.05, 0.1) is 7.11 Å². The Kier molecular flexibility index (Phi) is 4.76. The Balaban J connectivity index is 1.79. The lowest BCUT2D eigenvalue weighted by molar-refractivity contribution is 0.195. The molecule has 1 aromatic heterocycles. The number of aromatic nitrogens is 2. The van der Waals surface area contributed by atoms with E-state index < -0.39 is 0 Å².